The van der Waals surface area contributed by atoms with Gasteiger partial charge in [-0.25, -0.2) is 4.79 Å². The first-order chi connectivity index (χ1) is 13.4. The van der Waals surface area contributed by atoms with E-state index in [1.165, 1.54) is 11.5 Å². The van der Waals surface area contributed by atoms with Crippen molar-refractivity contribution in [3.8, 4) is 5.75 Å². The number of oxazole rings is 1. The summed E-state index contributed by atoms with van der Waals surface area (Å²) < 4.78 is 12.7. The van der Waals surface area contributed by atoms with Gasteiger partial charge in [-0.2, -0.15) is 0 Å². The van der Waals surface area contributed by atoms with Gasteiger partial charge in [0, 0.05) is 4.47 Å². The molecule has 2 N–H and O–H groups in total. The quantitative estimate of drug-likeness (QED) is 0.585. The summed E-state index contributed by atoms with van der Waals surface area (Å²) in [5.74, 6) is -1.25. The van der Waals surface area contributed by atoms with Crippen LogP contribution in [0.4, 0.5) is 0 Å². The molecule has 0 fully saturated rings. The van der Waals surface area contributed by atoms with Gasteiger partial charge in [0.25, 0.3) is 11.8 Å². The van der Waals surface area contributed by atoms with Gasteiger partial charge in [0.05, 0.1) is 5.52 Å². The first kappa shape index (κ1) is 19.7. The van der Waals surface area contributed by atoms with Crippen LogP contribution in [0, 0.1) is 0 Å². The van der Waals surface area contributed by atoms with E-state index in [1.54, 1.807) is 49.4 Å². The second-order valence-corrected chi connectivity index (χ2v) is 6.99. The maximum atomic E-state index is 12.4. The van der Waals surface area contributed by atoms with Crippen LogP contribution in [-0.2, 0) is 9.59 Å². The zero-order chi connectivity index (χ0) is 20.3. The lowest BCUT2D eigenvalue weighted by Crippen LogP contribution is -2.49. The number of carbonyl (C=O) groups excluding carboxylic acids is 2. The molecule has 0 aliphatic carbocycles. The summed E-state index contributed by atoms with van der Waals surface area (Å²) in [5, 5.41) is 0. The molecule has 0 bridgehead atoms. The lowest BCUT2D eigenvalue weighted by atomic mass is 10.2. The van der Waals surface area contributed by atoms with Gasteiger partial charge in [-0.15, -0.1) is 0 Å². The Morgan fingerprint density at radius 1 is 1.07 bits per heavy atom. The first-order valence-corrected chi connectivity index (χ1v) is 9.28. The maximum Gasteiger partial charge on any atom is 0.420 e. The molecule has 0 aliphatic heterocycles. The predicted octanol–water partition coefficient (Wildman–Crippen LogP) is 2.53. The van der Waals surface area contributed by atoms with Crippen LogP contribution in [0.3, 0.4) is 0 Å². The number of hydrazine groups is 1. The number of nitrogens with zero attached hydrogens (tertiary/aromatic N) is 1. The smallest absolute Gasteiger partial charge is 0.420 e. The molecular weight excluding hydrogens is 430 g/mol. The summed E-state index contributed by atoms with van der Waals surface area (Å²) in [4.78, 5) is 36.6. The molecule has 2 amide bonds. The number of hydrogen-bond donors (Lipinski definition) is 2. The van der Waals surface area contributed by atoms with Gasteiger partial charge in [-0.1, -0.05) is 34.1 Å². The number of para-hydroxylation sites is 2. The molecular formula is C19H18BrN3O5. The summed E-state index contributed by atoms with van der Waals surface area (Å²) in [5.41, 5.74) is 5.49. The van der Waals surface area contributed by atoms with Crippen LogP contribution in [0.25, 0.3) is 11.1 Å². The van der Waals surface area contributed by atoms with E-state index < -0.39 is 29.7 Å². The Bertz CT molecular complexity index is 1070. The number of fused-ring (bicyclic) bond motifs is 1. The van der Waals surface area contributed by atoms with E-state index in [4.69, 9.17) is 9.15 Å². The SMILES string of the molecule is C[C@H](Oc1cccc(Br)c1)C(=O)NNC(=O)[C@@H](C)n1c(=O)oc2ccccc21. The third kappa shape index (κ3) is 4.25. The molecule has 146 valence electrons. The molecule has 0 aliphatic rings. The summed E-state index contributed by atoms with van der Waals surface area (Å²) in [6, 6.07) is 12.9. The Hall–Kier alpha value is -3.07. The summed E-state index contributed by atoms with van der Waals surface area (Å²) in [7, 11) is 0. The minimum atomic E-state index is -0.891. The Morgan fingerprint density at radius 3 is 2.54 bits per heavy atom. The van der Waals surface area contributed by atoms with Crippen molar-refractivity contribution < 1.29 is 18.7 Å². The Kier molecular flexibility index (Phi) is 5.84. The standard InChI is InChI=1S/C19H18BrN3O5/c1-11(23-15-8-3-4-9-16(15)28-19(23)26)17(24)21-22-18(25)12(2)27-14-7-5-6-13(20)10-14/h3-12H,1-2H3,(H,21,24)(H,22,25)/t11-,12+/m1/s1. The van der Waals surface area contributed by atoms with E-state index >= 15 is 0 Å². The highest BCUT2D eigenvalue weighted by molar-refractivity contribution is 9.10. The number of aromatic nitrogens is 1. The van der Waals surface area contributed by atoms with Gasteiger partial charge in [-0.05, 0) is 44.2 Å². The number of benzene rings is 2. The molecule has 0 saturated carbocycles. The first-order valence-electron chi connectivity index (χ1n) is 8.49. The van der Waals surface area contributed by atoms with Crippen LogP contribution < -0.4 is 21.3 Å². The molecule has 1 aromatic heterocycles. The second kappa shape index (κ2) is 8.30. The van der Waals surface area contributed by atoms with Crippen molar-refractivity contribution in [1.29, 1.82) is 0 Å². The van der Waals surface area contributed by atoms with Crippen LogP contribution in [0.2, 0.25) is 0 Å². The van der Waals surface area contributed by atoms with Crippen molar-refractivity contribution in [2.24, 2.45) is 0 Å². The number of hydrogen-bond acceptors (Lipinski definition) is 5. The number of rotatable bonds is 5. The average molecular weight is 448 g/mol. The molecule has 3 rings (SSSR count). The minimum absolute atomic E-state index is 0.382. The molecule has 9 heteroatoms. The number of amides is 2. The molecule has 28 heavy (non-hydrogen) atoms. The highest BCUT2D eigenvalue weighted by atomic mass is 79.9. The Labute approximate surface area is 168 Å². The largest absolute Gasteiger partial charge is 0.481 e. The molecule has 0 saturated heterocycles. The number of ether oxygens (including phenoxy) is 1. The number of carbonyl (C=O) groups is 2. The summed E-state index contributed by atoms with van der Waals surface area (Å²) >= 11 is 3.32. The summed E-state index contributed by atoms with van der Waals surface area (Å²) in [6.45, 7) is 3.09. The van der Waals surface area contributed by atoms with Crippen LogP contribution in [0.15, 0.2) is 62.2 Å². The summed E-state index contributed by atoms with van der Waals surface area (Å²) in [6.07, 6.45) is -0.845. The van der Waals surface area contributed by atoms with E-state index in [0.717, 1.165) is 4.47 Å². The Morgan fingerprint density at radius 2 is 1.79 bits per heavy atom. The predicted molar refractivity (Wildman–Crippen MR) is 106 cm³/mol. The van der Waals surface area contributed by atoms with Crippen molar-refractivity contribution in [1.82, 2.24) is 15.4 Å². The van der Waals surface area contributed by atoms with Crippen LogP contribution >= 0.6 is 15.9 Å². The van der Waals surface area contributed by atoms with Gasteiger partial charge in [-0.3, -0.25) is 25.0 Å². The molecule has 0 unspecified atom stereocenters. The zero-order valence-corrected chi connectivity index (χ0v) is 16.7. The van der Waals surface area contributed by atoms with Gasteiger partial charge in [0.2, 0.25) is 0 Å². The zero-order valence-electron chi connectivity index (χ0n) is 15.1. The van der Waals surface area contributed by atoms with Crippen molar-refractivity contribution in [3.63, 3.8) is 0 Å². The van der Waals surface area contributed by atoms with Crippen molar-refractivity contribution in [3.05, 3.63) is 63.6 Å². The van der Waals surface area contributed by atoms with Crippen molar-refractivity contribution >= 4 is 38.8 Å². The van der Waals surface area contributed by atoms with E-state index in [0.29, 0.717) is 16.8 Å². The van der Waals surface area contributed by atoms with E-state index in [1.807, 2.05) is 6.07 Å². The van der Waals surface area contributed by atoms with E-state index in [9.17, 15) is 14.4 Å². The number of halogens is 1. The van der Waals surface area contributed by atoms with Crippen LogP contribution in [-0.4, -0.2) is 22.5 Å². The average Bonchev–Trinajstić information content (AvgIpc) is 3.00. The highest BCUT2D eigenvalue weighted by Gasteiger charge is 2.22. The van der Waals surface area contributed by atoms with E-state index in [-0.39, 0.29) is 0 Å². The van der Waals surface area contributed by atoms with Crippen LogP contribution in [0.1, 0.15) is 19.9 Å². The van der Waals surface area contributed by atoms with Crippen molar-refractivity contribution in [2.45, 2.75) is 26.0 Å². The van der Waals surface area contributed by atoms with Crippen molar-refractivity contribution in [2.75, 3.05) is 0 Å². The monoisotopic (exact) mass is 447 g/mol. The van der Waals surface area contributed by atoms with Gasteiger partial charge < -0.3 is 9.15 Å². The molecule has 0 radical (unpaired) electrons. The lowest BCUT2D eigenvalue weighted by Gasteiger charge is -2.17. The van der Waals surface area contributed by atoms with E-state index in [2.05, 4.69) is 26.8 Å². The fraction of sp³-hybridized carbons (Fsp3) is 0.211. The fourth-order valence-corrected chi connectivity index (χ4v) is 2.97. The number of nitrogens with one attached hydrogen (secondary N) is 2. The molecule has 0 spiro atoms. The molecule has 2 aromatic carbocycles. The Balaban J connectivity index is 1.62. The van der Waals surface area contributed by atoms with Gasteiger partial charge in [0.15, 0.2) is 11.7 Å². The van der Waals surface area contributed by atoms with Gasteiger partial charge in [0.1, 0.15) is 11.8 Å². The molecule has 3 aromatic rings. The van der Waals surface area contributed by atoms with Crippen LogP contribution in [0.5, 0.6) is 5.75 Å². The normalized spacial score (nSPS) is 13.0. The third-order valence-electron chi connectivity index (χ3n) is 4.07. The van der Waals surface area contributed by atoms with Gasteiger partial charge >= 0.3 is 5.76 Å². The molecule has 1 heterocycles. The molecule has 2 atom stereocenters. The third-order valence-corrected chi connectivity index (χ3v) is 4.57. The topological polar surface area (TPSA) is 103 Å². The maximum absolute atomic E-state index is 12.4. The molecule has 8 nitrogen and oxygen atoms in total. The lowest BCUT2D eigenvalue weighted by molar-refractivity contribution is -0.133. The fourth-order valence-electron chi connectivity index (χ4n) is 2.60. The highest BCUT2D eigenvalue weighted by Crippen LogP contribution is 2.19. The minimum Gasteiger partial charge on any atom is -0.481 e. The second-order valence-electron chi connectivity index (χ2n) is 6.08.